The summed E-state index contributed by atoms with van der Waals surface area (Å²) in [6, 6.07) is 0. The van der Waals surface area contributed by atoms with Crippen molar-refractivity contribution in [1.82, 2.24) is 0 Å². The Balaban J connectivity index is 4.79. The van der Waals surface area contributed by atoms with E-state index in [1.807, 2.05) is 0 Å². The molecule has 0 aliphatic heterocycles. The van der Waals surface area contributed by atoms with E-state index in [0.29, 0.717) is 30.1 Å². The normalized spacial score (nSPS) is 15.3. The van der Waals surface area contributed by atoms with Crippen molar-refractivity contribution in [3.8, 4) is 0 Å². The molecule has 43 heavy (non-hydrogen) atoms. The second-order valence-corrected chi connectivity index (χ2v) is 14.6. The summed E-state index contributed by atoms with van der Waals surface area (Å²) >= 11 is 0. The maximum absolute atomic E-state index is 13.2. The molecule has 0 heterocycles. The maximum atomic E-state index is 13.2. The summed E-state index contributed by atoms with van der Waals surface area (Å²) in [6.07, 6.45) is 29.5. The molecule has 256 valence electrons. The average Bonchev–Trinajstić information content (AvgIpc) is 2.97. The number of hydrogen-bond acceptors (Lipinski definition) is 2. The zero-order chi connectivity index (χ0) is 32.3. The Kier molecular flexibility index (Phi) is 26.6. The summed E-state index contributed by atoms with van der Waals surface area (Å²) in [7, 11) is 0. The number of aliphatic carboxylic acids is 2. The van der Waals surface area contributed by atoms with Crippen LogP contribution in [0.15, 0.2) is 0 Å². The van der Waals surface area contributed by atoms with Crippen molar-refractivity contribution in [3.05, 3.63) is 0 Å². The fourth-order valence-corrected chi connectivity index (χ4v) is 7.30. The van der Waals surface area contributed by atoms with Gasteiger partial charge in [-0.25, -0.2) is 0 Å². The Morgan fingerprint density at radius 3 is 1.26 bits per heavy atom. The largest absolute Gasteiger partial charge is 0.481 e. The molecule has 0 aliphatic carbocycles. The number of hydrogen-bond donors (Lipinski definition) is 2. The fourth-order valence-electron chi connectivity index (χ4n) is 7.30. The lowest BCUT2D eigenvalue weighted by Crippen LogP contribution is -2.38. The van der Waals surface area contributed by atoms with Gasteiger partial charge in [0.2, 0.25) is 0 Å². The van der Waals surface area contributed by atoms with E-state index in [2.05, 4.69) is 41.5 Å². The summed E-state index contributed by atoms with van der Waals surface area (Å²) in [5, 5.41) is 19.6. The van der Waals surface area contributed by atoms with Gasteiger partial charge < -0.3 is 10.2 Å². The van der Waals surface area contributed by atoms with Gasteiger partial charge in [0.05, 0.1) is 5.41 Å². The molecule has 0 spiro atoms. The summed E-state index contributed by atoms with van der Waals surface area (Å²) in [5.74, 6) is 0.889. The molecule has 0 amide bonds. The quantitative estimate of drug-likeness (QED) is 0.0745. The van der Waals surface area contributed by atoms with Crippen molar-refractivity contribution >= 4 is 11.9 Å². The van der Waals surface area contributed by atoms with Gasteiger partial charge >= 0.3 is 11.9 Å². The number of carbonyl (C=O) groups is 2. The van der Waals surface area contributed by atoms with Crippen molar-refractivity contribution < 1.29 is 19.8 Å². The van der Waals surface area contributed by atoms with Crippen LogP contribution in [-0.2, 0) is 9.59 Å². The fraction of sp³-hybridized carbons (Fsp3) is 0.949. The highest BCUT2D eigenvalue weighted by Crippen LogP contribution is 2.46. The molecular weight excluding hydrogens is 532 g/mol. The van der Waals surface area contributed by atoms with Gasteiger partial charge in [-0.05, 0) is 49.4 Å². The molecule has 0 aromatic carbocycles. The van der Waals surface area contributed by atoms with Crippen LogP contribution in [0.2, 0.25) is 0 Å². The third-order valence-electron chi connectivity index (χ3n) is 10.5. The van der Waals surface area contributed by atoms with Crippen molar-refractivity contribution in [3.63, 3.8) is 0 Å². The highest BCUT2D eigenvalue weighted by molar-refractivity contribution is 5.74. The van der Waals surface area contributed by atoms with Crippen LogP contribution in [0.5, 0.6) is 0 Å². The van der Waals surface area contributed by atoms with Crippen LogP contribution in [0, 0.1) is 29.1 Å². The molecule has 0 saturated heterocycles. The molecule has 0 aliphatic rings. The SMILES string of the molecule is CCCCC(CC)CC(CC(CC)CCCC)(CC(CCCCCCCCCCCCCCCC(=O)O)C(C)C)C(=O)O. The molecule has 0 radical (unpaired) electrons. The maximum Gasteiger partial charge on any atom is 0.309 e. The molecule has 3 atom stereocenters. The zero-order valence-electron chi connectivity index (χ0n) is 29.9. The van der Waals surface area contributed by atoms with Crippen molar-refractivity contribution in [2.75, 3.05) is 0 Å². The van der Waals surface area contributed by atoms with E-state index in [4.69, 9.17) is 5.11 Å². The molecule has 0 saturated carbocycles. The minimum Gasteiger partial charge on any atom is -0.481 e. The monoisotopic (exact) mass is 609 g/mol. The third kappa shape index (κ3) is 21.3. The van der Waals surface area contributed by atoms with E-state index in [9.17, 15) is 14.7 Å². The Morgan fingerprint density at radius 1 is 0.535 bits per heavy atom. The predicted molar refractivity (Wildman–Crippen MR) is 186 cm³/mol. The Morgan fingerprint density at radius 2 is 0.930 bits per heavy atom. The Bertz CT molecular complexity index is 640. The minimum atomic E-state index is -0.670. The van der Waals surface area contributed by atoms with Gasteiger partial charge in [-0.3, -0.25) is 9.59 Å². The summed E-state index contributed by atoms with van der Waals surface area (Å²) < 4.78 is 0. The molecule has 0 rings (SSSR count). The van der Waals surface area contributed by atoms with Crippen LogP contribution >= 0.6 is 0 Å². The van der Waals surface area contributed by atoms with E-state index < -0.39 is 17.4 Å². The smallest absolute Gasteiger partial charge is 0.309 e. The first-order valence-corrected chi connectivity index (χ1v) is 19.1. The molecule has 4 nitrogen and oxygen atoms in total. The average molecular weight is 609 g/mol. The van der Waals surface area contributed by atoms with Crippen LogP contribution in [-0.4, -0.2) is 22.2 Å². The van der Waals surface area contributed by atoms with E-state index in [0.717, 1.165) is 44.9 Å². The van der Waals surface area contributed by atoms with E-state index >= 15 is 0 Å². The highest BCUT2D eigenvalue weighted by atomic mass is 16.4. The molecule has 0 bridgehead atoms. The van der Waals surface area contributed by atoms with Gasteiger partial charge in [-0.2, -0.15) is 0 Å². The summed E-state index contributed by atoms with van der Waals surface area (Å²) in [4.78, 5) is 23.8. The van der Waals surface area contributed by atoms with Gasteiger partial charge in [0.1, 0.15) is 0 Å². The Hall–Kier alpha value is -1.06. The van der Waals surface area contributed by atoms with Crippen molar-refractivity contribution in [2.45, 2.75) is 208 Å². The van der Waals surface area contributed by atoms with Gasteiger partial charge in [0.25, 0.3) is 0 Å². The van der Waals surface area contributed by atoms with Crippen molar-refractivity contribution in [1.29, 1.82) is 0 Å². The molecule has 0 aromatic heterocycles. The minimum absolute atomic E-state index is 0.318. The standard InChI is InChI=1S/C39H76O4/c1-7-11-26-34(9-3)30-39(38(42)43,31-35(10-4)27-12-8-2)32-36(33(5)6)28-24-22-20-18-16-14-13-15-17-19-21-23-25-29-37(40)41/h33-36H,7-32H2,1-6H3,(H,40,41)(H,42,43). The number of carboxylic acids is 2. The van der Waals surface area contributed by atoms with E-state index in [-0.39, 0.29) is 0 Å². The van der Waals surface area contributed by atoms with Crippen LogP contribution < -0.4 is 0 Å². The lowest BCUT2D eigenvalue weighted by Gasteiger charge is -2.39. The first kappa shape index (κ1) is 41.9. The predicted octanol–water partition coefficient (Wildman–Crippen LogP) is 12.9. The Labute approximate surface area is 269 Å². The first-order chi connectivity index (χ1) is 20.6. The van der Waals surface area contributed by atoms with Gasteiger partial charge in [-0.1, -0.05) is 176 Å². The topological polar surface area (TPSA) is 74.6 Å². The number of rotatable bonds is 32. The third-order valence-corrected chi connectivity index (χ3v) is 10.5. The molecule has 0 aromatic rings. The second kappa shape index (κ2) is 27.3. The van der Waals surface area contributed by atoms with Gasteiger partial charge in [0, 0.05) is 6.42 Å². The van der Waals surface area contributed by atoms with Crippen LogP contribution in [0.4, 0.5) is 0 Å². The highest BCUT2D eigenvalue weighted by Gasteiger charge is 2.43. The molecule has 3 unspecified atom stereocenters. The summed E-state index contributed by atoms with van der Waals surface area (Å²) in [6.45, 7) is 13.7. The zero-order valence-corrected chi connectivity index (χ0v) is 29.9. The lowest BCUT2D eigenvalue weighted by molar-refractivity contribution is -0.153. The molecule has 2 N–H and O–H groups in total. The van der Waals surface area contributed by atoms with Crippen LogP contribution in [0.3, 0.4) is 0 Å². The first-order valence-electron chi connectivity index (χ1n) is 19.1. The van der Waals surface area contributed by atoms with Crippen LogP contribution in [0.1, 0.15) is 208 Å². The van der Waals surface area contributed by atoms with Crippen LogP contribution in [0.25, 0.3) is 0 Å². The van der Waals surface area contributed by atoms with E-state index in [1.165, 1.54) is 116 Å². The summed E-state index contributed by atoms with van der Waals surface area (Å²) in [5.41, 5.74) is -0.573. The van der Waals surface area contributed by atoms with Crippen molar-refractivity contribution in [2.24, 2.45) is 29.1 Å². The number of unbranched alkanes of at least 4 members (excludes halogenated alkanes) is 14. The van der Waals surface area contributed by atoms with Gasteiger partial charge in [-0.15, -0.1) is 0 Å². The molecule has 0 fully saturated rings. The molecule has 4 heteroatoms. The number of carboxylic acid groups (broad SMARTS) is 2. The van der Waals surface area contributed by atoms with E-state index in [1.54, 1.807) is 0 Å². The lowest BCUT2D eigenvalue weighted by atomic mass is 9.64. The van der Waals surface area contributed by atoms with Gasteiger partial charge in [0.15, 0.2) is 0 Å². The second-order valence-electron chi connectivity index (χ2n) is 14.6. The molecular formula is C39H76O4.